The van der Waals surface area contributed by atoms with Crippen LogP contribution in [0.15, 0.2) is 6.20 Å². The van der Waals surface area contributed by atoms with Gasteiger partial charge in [0.1, 0.15) is 9.88 Å². The standard InChI is InChI=1S/C10H14N2O2S/c1-2-12-5-3-4-7(12)9-11-6-8(15-9)10(13)14/h6-7H,2-5H2,1H3,(H,13,14). The van der Waals surface area contributed by atoms with Crippen LogP contribution < -0.4 is 0 Å². The molecule has 0 aromatic carbocycles. The molecule has 1 saturated heterocycles. The summed E-state index contributed by atoms with van der Waals surface area (Å²) in [6, 6.07) is 0.341. The summed E-state index contributed by atoms with van der Waals surface area (Å²) in [5, 5.41) is 9.77. The number of hydrogen-bond acceptors (Lipinski definition) is 4. The van der Waals surface area contributed by atoms with Gasteiger partial charge in [0, 0.05) is 0 Å². The third-order valence-corrected chi connectivity index (χ3v) is 3.88. The normalized spacial score (nSPS) is 22.1. The van der Waals surface area contributed by atoms with Crippen LogP contribution in [0.1, 0.15) is 40.5 Å². The van der Waals surface area contributed by atoms with E-state index >= 15 is 0 Å². The molecule has 1 aromatic heterocycles. The molecule has 2 heterocycles. The number of aromatic nitrogens is 1. The molecule has 0 amide bonds. The monoisotopic (exact) mass is 226 g/mol. The number of nitrogens with zero attached hydrogens (tertiary/aromatic N) is 2. The van der Waals surface area contributed by atoms with Crippen molar-refractivity contribution in [3.63, 3.8) is 0 Å². The van der Waals surface area contributed by atoms with Crippen LogP contribution in [0.2, 0.25) is 0 Å². The van der Waals surface area contributed by atoms with E-state index in [-0.39, 0.29) is 0 Å². The molecule has 0 bridgehead atoms. The zero-order valence-electron chi connectivity index (χ0n) is 8.64. The molecular weight excluding hydrogens is 212 g/mol. The van der Waals surface area contributed by atoms with E-state index in [1.54, 1.807) is 0 Å². The summed E-state index contributed by atoms with van der Waals surface area (Å²) in [5.74, 6) is -0.875. The minimum absolute atomic E-state index is 0.341. The van der Waals surface area contributed by atoms with Gasteiger partial charge < -0.3 is 5.11 Å². The molecule has 0 saturated carbocycles. The summed E-state index contributed by atoms with van der Waals surface area (Å²) >= 11 is 1.31. The fourth-order valence-electron chi connectivity index (χ4n) is 2.02. The first-order chi connectivity index (χ1) is 7.22. The van der Waals surface area contributed by atoms with Gasteiger partial charge in [-0.25, -0.2) is 9.78 Å². The predicted molar refractivity (Wildman–Crippen MR) is 58.3 cm³/mol. The maximum atomic E-state index is 10.7. The molecular formula is C10H14N2O2S. The summed E-state index contributed by atoms with van der Waals surface area (Å²) in [6.45, 7) is 4.24. The van der Waals surface area contributed by atoms with Crippen LogP contribution >= 0.6 is 11.3 Å². The van der Waals surface area contributed by atoms with Crippen LogP contribution in [0.4, 0.5) is 0 Å². The summed E-state index contributed by atoms with van der Waals surface area (Å²) < 4.78 is 0. The second-order valence-electron chi connectivity index (χ2n) is 3.65. The largest absolute Gasteiger partial charge is 0.477 e. The molecule has 0 radical (unpaired) electrons. The van der Waals surface area contributed by atoms with Gasteiger partial charge in [0.05, 0.1) is 12.2 Å². The first-order valence-corrected chi connectivity index (χ1v) is 5.97. The fourth-order valence-corrected chi connectivity index (χ4v) is 2.95. The maximum Gasteiger partial charge on any atom is 0.347 e. The van der Waals surface area contributed by atoms with Crippen molar-refractivity contribution in [3.8, 4) is 0 Å². The van der Waals surface area contributed by atoms with Crippen LogP contribution in [0, 0.1) is 0 Å². The van der Waals surface area contributed by atoms with Crippen molar-refractivity contribution in [2.45, 2.75) is 25.8 Å². The number of thiazole rings is 1. The topological polar surface area (TPSA) is 53.4 Å². The first kappa shape index (κ1) is 10.6. The van der Waals surface area contributed by atoms with Crippen LogP contribution in [-0.2, 0) is 0 Å². The van der Waals surface area contributed by atoms with Crippen LogP contribution in [0.5, 0.6) is 0 Å². The lowest BCUT2D eigenvalue weighted by molar-refractivity contribution is 0.0702. The van der Waals surface area contributed by atoms with Crippen molar-refractivity contribution >= 4 is 17.3 Å². The molecule has 1 aromatic rings. The first-order valence-electron chi connectivity index (χ1n) is 5.15. The maximum absolute atomic E-state index is 10.7. The smallest absolute Gasteiger partial charge is 0.347 e. The highest BCUT2D eigenvalue weighted by molar-refractivity contribution is 7.13. The van der Waals surface area contributed by atoms with Gasteiger partial charge in [-0.05, 0) is 25.9 Å². The van der Waals surface area contributed by atoms with Crippen molar-refractivity contribution in [2.24, 2.45) is 0 Å². The van der Waals surface area contributed by atoms with Gasteiger partial charge in [0.2, 0.25) is 0 Å². The minimum Gasteiger partial charge on any atom is -0.477 e. The Morgan fingerprint density at radius 1 is 1.80 bits per heavy atom. The molecule has 15 heavy (non-hydrogen) atoms. The Morgan fingerprint density at radius 2 is 2.60 bits per heavy atom. The van der Waals surface area contributed by atoms with E-state index < -0.39 is 5.97 Å². The Kier molecular flexibility index (Phi) is 3.02. The van der Waals surface area contributed by atoms with Crippen LogP contribution in [-0.4, -0.2) is 34.0 Å². The SMILES string of the molecule is CCN1CCCC1c1ncc(C(=O)O)s1. The van der Waals surface area contributed by atoms with Gasteiger partial charge in [-0.2, -0.15) is 0 Å². The molecule has 5 heteroatoms. The second-order valence-corrected chi connectivity index (χ2v) is 4.72. The van der Waals surface area contributed by atoms with E-state index in [9.17, 15) is 4.79 Å². The Morgan fingerprint density at radius 3 is 3.20 bits per heavy atom. The molecule has 1 fully saturated rings. The number of likely N-dealkylation sites (tertiary alicyclic amines) is 1. The molecule has 1 atom stereocenters. The van der Waals surface area contributed by atoms with Gasteiger partial charge in [-0.15, -0.1) is 11.3 Å². The zero-order chi connectivity index (χ0) is 10.8. The molecule has 4 nitrogen and oxygen atoms in total. The van der Waals surface area contributed by atoms with E-state index in [4.69, 9.17) is 5.11 Å². The van der Waals surface area contributed by atoms with E-state index in [1.165, 1.54) is 24.0 Å². The second kappa shape index (κ2) is 4.28. The summed E-state index contributed by atoms with van der Waals surface area (Å²) in [7, 11) is 0. The van der Waals surface area contributed by atoms with Crippen molar-refractivity contribution in [3.05, 3.63) is 16.1 Å². The molecule has 1 unspecified atom stereocenters. The Bertz CT molecular complexity index is 364. The minimum atomic E-state index is -0.875. The molecule has 1 aliphatic heterocycles. The third kappa shape index (κ3) is 2.03. The van der Waals surface area contributed by atoms with Gasteiger partial charge >= 0.3 is 5.97 Å². The molecule has 2 rings (SSSR count). The summed E-state index contributed by atoms with van der Waals surface area (Å²) in [6.07, 6.45) is 3.75. The lowest BCUT2D eigenvalue weighted by Gasteiger charge is -2.20. The number of rotatable bonds is 3. The average molecular weight is 226 g/mol. The highest BCUT2D eigenvalue weighted by atomic mass is 32.1. The van der Waals surface area contributed by atoms with E-state index in [2.05, 4.69) is 16.8 Å². The van der Waals surface area contributed by atoms with Gasteiger partial charge in [-0.1, -0.05) is 6.92 Å². The highest BCUT2D eigenvalue weighted by Crippen LogP contribution is 2.33. The number of carboxylic acid groups (broad SMARTS) is 1. The molecule has 1 aliphatic rings. The zero-order valence-corrected chi connectivity index (χ0v) is 9.46. The van der Waals surface area contributed by atoms with Crippen molar-refractivity contribution in [2.75, 3.05) is 13.1 Å². The van der Waals surface area contributed by atoms with Crippen molar-refractivity contribution in [1.82, 2.24) is 9.88 Å². The number of carboxylic acids is 1. The number of hydrogen-bond donors (Lipinski definition) is 1. The van der Waals surface area contributed by atoms with Crippen molar-refractivity contribution in [1.29, 1.82) is 0 Å². The van der Waals surface area contributed by atoms with Crippen LogP contribution in [0.25, 0.3) is 0 Å². The van der Waals surface area contributed by atoms with Crippen LogP contribution in [0.3, 0.4) is 0 Å². The van der Waals surface area contributed by atoms with Crippen molar-refractivity contribution < 1.29 is 9.90 Å². The highest BCUT2D eigenvalue weighted by Gasteiger charge is 2.27. The lowest BCUT2D eigenvalue weighted by atomic mass is 10.2. The Labute approximate surface area is 92.6 Å². The Balaban J connectivity index is 2.18. The number of aromatic carboxylic acids is 1. The fraction of sp³-hybridized carbons (Fsp3) is 0.600. The number of carbonyl (C=O) groups is 1. The molecule has 1 N–H and O–H groups in total. The van der Waals surface area contributed by atoms with E-state index in [0.717, 1.165) is 24.5 Å². The molecule has 0 spiro atoms. The van der Waals surface area contributed by atoms with E-state index in [0.29, 0.717) is 10.9 Å². The van der Waals surface area contributed by atoms with Gasteiger partial charge in [0.25, 0.3) is 0 Å². The third-order valence-electron chi connectivity index (χ3n) is 2.79. The van der Waals surface area contributed by atoms with E-state index in [1.807, 2.05) is 0 Å². The summed E-state index contributed by atoms with van der Waals surface area (Å²) in [5.41, 5.74) is 0. The van der Waals surface area contributed by atoms with Gasteiger partial charge in [0.15, 0.2) is 0 Å². The summed E-state index contributed by atoms with van der Waals surface area (Å²) in [4.78, 5) is 17.6. The molecule has 0 aliphatic carbocycles. The average Bonchev–Trinajstić information content (AvgIpc) is 2.85. The van der Waals surface area contributed by atoms with Gasteiger partial charge in [-0.3, -0.25) is 4.90 Å². The quantitative estimate of drug-likeness (QED) is 0.856. The lowest BCUT2D eigenvalue weighted by Crippen LogP contribution is -2.22. The molecule has 82 valence electrons. The predicted octanol–water partition coefficient (Wildman–Crippen LogP) is 2.00. The Hall–Kier alpha value is -0.940.